The maximum Gasteiger partial charge on any atom is 0.236 e. The molecule has 0 atom stereocenters. The fraction of sp³-hybridized carbons (Fsp3) is 0.476. The highest BCUT2D eigenvalue weighted by atomic mass is 16.3. The number of amides is 1. The van der Waals surface area contributed by atoms with Gasteiger partial charge in [-0.2, -0.15) is 0 Å². The van der Waals surface area contributed by atoms with Crippen LogP contribution < -0.4 is 0 Å². The van der Waals surface area contributed by atoms with E-state index in [1.807, 2.05) is 26.1 Å². The number of nitrogens with zero attached hydrogens (tertiary/aromatic N) is 2. The lowest BCUT2D eigenvalue weighted by molar-refractivity contribution is -0.132. The van der Waals surface area contributed by atoms with E-state index in [0.29, 0.717) is 19.1 Å². The molecule has 0 saturated heterocycles. The molecule has 1 aliphatic carbocycles. The maximum atomic E-state index is 12.6. The first-order valence-electron chi connectivity index (χ1n) is 9.16. The fourth-order valence-corrected chi connectivity index (χ4v) is 3.06. The molecular formula is C21H28N2O2. The second-order valence-electron chi connectivity index (χ2n) is 7.07. The Hall–Kier alpha value is -2.07. The number of furan rings is 1. The molecule has 0 radical (unpaired) electrons. The minimum absolute atomic E-state index is 0.145. The van der Waals surface area contributed by atoms with Gasteiger partial charge in [0, 0.05) is 19.6 Å². The van der Waals surface area contributed by atoms with Crippen LogP contribution in [0.25, 0.3) is 0 Å². The van der Waals surface area contributed by atoms with Gasteiger partial charge in [-0.1, -0.05) is 31.2 Å². The van der Waals surface area contributed by atoms with E-state index in [1.165, 1.54) is 24.0 Å². The van der Waals surface area contributed by atoms with Gasteiger partial charge in [-0.25, -0.2) is 0 Å². The summed E-state index contributed by atoms with van der Waals surface area (Å²) < 4.78 is 5.58. The third kappa shape index (κ3) is 4.95. The number of aryl methyl sites for hydroxylation is 2. The van der Waals surface area contributed by atoms with Crippen molar-refractivity contribution in [2.75, 3.05) is 13.6 Å². The van der Waals surface area contributed by atoms with Crippen LogP contribution in [-0.4, -0.2) is 35.3 Å². The second-order valence-corrected chi connectivity index (χ2v) is 7.07. The zero-order valence-electron chi connectivity index (χ0n) is 15.5. The van der Waals surface area contributed by atoms with E-state index in [1.54, 1.807) is 4.90 Å². The standard InChI is InChI=1S/C21H28N2O2/c1-4-17-6-8-18(9-7-17)13-23(19-10-11-19)15-21(24)22(3)14-20-12-5-16(2)25-20/h5-9,12,19H,4,10-11,13-15H2,1-3H3. The Morgan fingerprint density at radius 3 is 2.32 bits per heavy atom. The van der Waals surface area contributed by atoms with Crippen molar-refractivity contribution < 1.29 is 9.21 Å². The molecule has 1 saturated carbocycles. The molecule has 1 aromatic heterocycles. The number of hydrogen-bond acceptors (Lipinski definition) is 3. The Balaban J connectivity index is 1.57. The smallest absolute Gasteiger partial charge is 0.236 e. The molecular weight excluding hydrogens is 312 g/mol. The van der Waals surface area contributed by atoms with Crippen LogP contribution in [0.5, 0.6) is 0 Å². The Morgan fingerprint density at radius 1 is 1.08 bits per heavy atom. The molecule has 1 fully saturated rings. The first-order valence-corrected chi connectivity index (χ1v) is 9.16. The van der Waals surface area contributed by atoms with E-state index < -0.39 is 0 Å². The van der Waals surface area contributed by atoms with Crippen LogP contribution >= 0.6 is 0 Å². The lowest BCUT2D eigenvalue weighted by Crippen LogP contribution is -2.38. The third-order valence-electron chi connectivity index (χ3n) is 4.83. The molecule has 1 aliphatic rings. The van der Waals surface area contributed by atoms with Gasteiger partial charge in [0.2, 0.25) is 5.91 Å². The van der Waals surface area contributed by atoms with E-state index in [9.17, 15) is 4.79 Å². The molecule has 134 valence electrons. The molecule has 3 rings (SSSR count). The van der Waals surface area contributed by atoms with E-state index >= 15 is 0 Å². The zero-order valence-corrected chi connectivity index (χ0v) is 15.5. The van der Waals surface area contributed by atoms with Gasteiger partial charge in [-0.3, -0.25) is 9.69 Å². The summed E-state index contributed by atoms with van der Waals surface area (Å²) in [6.07, 6.45) is 3.45. The van der Waals surface area contributed by atoms with Crippen molar-refractivity contribution in [1.29, 1.82) is 0 Å². The largest absolute Gasteiger partial charge is 0.464 e. The number of carbonyl (C=O) groups is 1. The van der Waals surface area contributed by atoms with Crippen LogP contribution in [0, 0.1) is 6.92 Å². The van der Waals surface area contributed by atoms with Gasteiger partial charge >= 0.3 is 0 Å². The van der Waals surface area contributed by atoms with Crippen molar-refractivity contribution in [1.82, 2.24) is 9.80 Å². The molecule has 1 aromatic carbocycles. The maximum absolute atomic E-state index is 12.6. The first kappa shape index (κ1) is 17.7. The molecule has 25 heavy (non-hydrogen) atoms. The minimum atomic E-state index is 0.145. The molecule has 4 heteroatoms. The van der Waals surface area contributed by atoms with Crippen LogP contribution in [0.3, 0.4) is 0 Å². The van der Waals surface area contributed by atoms with Gasteiger partial charge in [0.05, 0.1) is 13.1 Å². The van der Waals surface area contributed by atoms with E-state index in [-0.39, 0.29) is 5.91 Å². The lowest BCUT2D eigenvalue weighted by atomic mass is 10.1. The topological polar surface area (TPSA) is 36.7 Å². The van der Waals surface area contributed by atoms with Gasteiger partial charge < -0.3 is 9.32 Å². The molecule has 0 unspecified atom stereocenters. The van der Waals surface area contributed by atoms with E-state index in [0.717, 1.165) is 24.5 Å². The summed E-state index contributed by atoms with van der Waals surface area (Å²) in [6.45, 7) is 5.92. The van der Waals surface area contributed by atoms with Gasteiger partial charge in [-0.15, -0.1) is 0 Å². The molecule has 1 heterocycles. The average Bonchev–Trinajstić information content (AvgIpc) is 3.38. The molecule has 0 N–H and O–H groups in total. The van der Waals surface area contributed by atoms with Gasteiger partial charge in [-0.05, 0) is 49.4 Å². The fourth-order valence-electron chi connectivity index (χ4n) is 3.06. The minimum Gasteiger partial charge on any atom is -0.464 e. The highest BCUT2D eigenvalue weighted by molar-refractivity contribution is 5.78. The molecule has 2 aromatic rings. The number of hydrogen-bond donors (Lipinski definition) is 0. The van der Waals surface area contributed by atoms with Crippen molar-refractivity contribution in [2.24, 2.45) is 0 Å². The summed E-state index contributed by atoms with van der Waals surface area (Å²) in [4.78, 5) is 16.7. The van der Waals surface area contributed by atoms with Crippen molar-refractivity contribution in [3.63, 3.8) is 0 Å². The quantitative estimate of drug-likeness (QED) is 0.734. The third-order valence-corrected chi connectivity index (χ3v) is 4.83. The summed E-state index contributed by atoms with van der Waals surface area (Å²) >= 11 is 0. The molecule has 0 bridgehead atoms. The Labute approximate surface area is 150 Å². The van der Waals surface area contributed by atoms with Crippen LogP contribution in [0.1, 0.15) is 42.4 Å². The SMILES string of the molecule is CCc1ccc(CN(CC(=O)N(C)Cc2ccc(C)o2)C2CC2)cc1. The number of rotatable bonds is 8. The first-order chi connectivity index (χ1) is 12.0. The normalized spacial score (nSPS) is 14.1. The summed E-state index contributed by atoms with van der Waals surface area (Å²) in [6, 6.07) is 13.2. The Kier molecular flexibility index (Phi) is 5.59. The summed E-state index contributed by atoms with van der Waals surface area (Å²) in [5.74, 6) is 1.86. The van der Waals surface area contributed by atoms with Crippen molar-refractivity contribution in [2.45, 2.75) is 52.2 Å². The zero-order chi connectivity index (χ0) is 17.8. The Morgan fingerprint density at radius 2 is 1.76 bits per heavy atom. The summed E-state index contributed by atoms with van der Waals surface area (Å²) in [7, 11) is 1.85. The van der Waals surface area contributed by atoms with Gasteiger partial charge in [0.25, 0.3) is 0 Å². The second kappa shape index (κ2) is 7.87. The number of carbonyl (C=O) groups excluding carboxylic acids is 1. The van der Waals surface area contributed by atoms with Crippen LogP contribution in [-0.2, 0) is 24.3 Å². The lowest BCUT2D eigenvalue weighted by Gasteiger charge is -2.25. The predicted molar refractivity (Wildman–Crippen MR) is 99.2 cm³/mol. The monoisotopic (exact) mass is 340 g/mol. The van der Waals surface area contributed by atoms with E-state index in [4.69, 9.17) is 4.42 Å². The van der Waals surface area contributed by atoms with Crippen molar-refractivity contribution in [3.8, 4) is 0 Å². The van der Waals surface area contributed by atoms with Crippen LogP contribution in [0.15, 0.2) is 40.8 Å². The van der Waals surface area contributed by atoms with Gasteiger partial charge in [0.15, 0.2) is 0 Å². The highest BCUT2D eigenvalue weighted by Crippen LogP contribution is 2.28. The average molecular weight is 340 g/mol. The number of benzene rings is 1. The predicted octanol–water partition coefficient (Wildman–Crippen LogP) is 3.77. The van der Waals surface area contributed by atoms with Crippen molar-refractivity contribution in [3.05, 3.63) is 59.0 Å². The molecule has 4 nitrogen and oxygen atoms in total. The molecule has 0 spiro atoms. The number of likely N-dealkylation sites (N-methyl/N-ethyl adjacent to an activating group) is 1. The van der Waals surface area contributed by atoms with Crippen molar-refractivity contribution >= 4 is 5.91 Å². The summed E-state index contributed by atoms with van der Waals surface area (Å²) in [5, 5.41) is 0. The van der Waals surface area contributed by atoms with E-state index in [2.05, 4.69) is 36.1 Å². The van der Waals surface area contributed by atoms with Crippen LogP contribution in [0.4, 0.5) is 0 Å². The van der Waals surface area contributed by atoms with Crippen LogP contribution in [0.2, 0.25) is 0 Å². The molecule has 1 amide bonds. The Bertz CT molecular complexity index is 701. The molecule has 0 aliphatic heterocycles. The highest BCUT2D eigenvalue weighted by Gasteiger charge is 2.31. The van der Waals surface area contributed by atoms with Gasteiger partial charge in [0.1, 0.15) is 11.5 Å². The summed E-state index contributed by atoms with van der Waals surface area (Å²) in [5.41, 5.74) is 2.63.